The maximum absolute atomic E-state index is 12.1. The molecule has 0 amide bonds. The van der Waals surface area contributed by atoms with E-state index in [1.165, 1.54) is 24.5 Å². The minimum absolute atomic E-state index is 0.248. The van der Waals surface area contributed by atoms with Crippen LogP contribution in [0.2, 0.25) is 0 Å². The van der Waals surface area contributed by atoms with Crippen molar-refractivity contribution in [3.8, 4) is 0 Å². The standard InChI is InChI=1S/C13H23N3O2S2/c1-5-10(9-19-4)15-13-8-11(6-7-12(13)14)20(17,18)16(2)3/h6-8,10,15H,5,9,14H2,1-4H3. The van der Waals surface area contributed by atoms with Crippen LogP contribution in [0.3, 0.4) is 0 Å². The number of nitrogens with zero attached hydrogens (tertiary/aromatic N) is 1. The third kappa shape index (κ3) is 4.04. The summed E-state index contributed by atoms with van der Waals surface area (Å²) in [5, 5.41) is 3.32. The first-order valence-corrected chi connectivity index (χ1v) is 9.23. The molecule has 20 heavy (non-hydrogen) atoms. The Bertz CT molecular complexity index is 545. The molecule has 0 aliphatic carbocycles. The SMILES string of the molecule is CCC(CSC)Nc1cc(S(=O)(=O)N(C)C)ccc1N. The minimum Gasteiger partial charge on any atom is -0.397 e. The molecule has 1 unspecified atom stereocenters. The van der Waals surface area contributed by atoms with Crippen LogP contribution in [0.1, 0.15) is 13.3 Å². The molecule has 7 heteroatoms. The Morgan fingerprint density at radius 3 is 2.55 bits per heavy atom. The highest BCUT2D eigenvalue weighted by molar-refractivity contribution is 7.98. The van der Waals surface area contributed by atoms with Gasteiger partial charge in [-0.1, -0.05) is 6.92 Å². The van der Waals surface area contributed by atoms with Gasteiger partial charge in [0.1, 0.15) is 0 Å². The number of sulfonamides is 1. The van der Waals surface area contributed by atoms with Crippen molar-refractivity contribution in [3.63, 3.8) is 0 Å². The normalized spacial score (nSPS) is 13.4. The first kappa shape index (κ1) is 17.1. The molecule has 3 N–H and O–H groups in total. The first-order valence-electron chi connectivity index (χ1n) is 6.40. The summed E-state index contributed by atoms with van der Waals surface area (Å²) in [5.74, 6) is 0.945. The smallest absolute Gasteiger partial charge is 0.242 e. The molecule has 114 valence electrons. The maximum atomic E-state index is 12.1. The quantitative estimate of drug-likeness (QED) is 0.753. The fourth-order valence-electron chi connectivity index (χ4n) is 1.71. The van der Waals surface area contributed by atoms with Crippen LogP contribution in [0, 0.1) is 0 Å². The Morgan fingerprint density at radius 1 is 1.40 bits per heavy atom. The van der Waals surface area contributed by atoms with E-state index >= 15 is 0 Å². The van der Waals surface area contributed by atoms with E-state index in [2.05, 4.69) is 12.2 Å². The van der Waals surface area contributed by atoms with E-state index in [0.29, 0.717) is 11.4 Å². The summed E-state index contributed by atoms with van der Waals surface area (Å²) >= 11 is 1.74. The van der Waals surface area contributed by atoms with Gasteiger partial charge in [0.25, 0.3) is 0 Å². The number of hydrogen-bond donors (Lipinski definition) is 2. The van der Waals surface area contributed by atoms with Gasteiger partial charge in [0.15, 0.2) is 0 Å². The second-order valence-corrected chi connectivity index (χ2v) is 7.80. The monoisotopic (exact) mass is 317 g/mol. The lowest BCUT2D eigenvalue weighted by atomic mass is 10.2. The van der Waals surface area contributed by atoms with Gasteiger partial charge in [-0.3, -0.25) is 0 Å². The number of thioether (sulfide) groups is 1. The third-order valence-corrected chi connectivity index (χ3v) is 5.57. The number of hydrogen-bond acceptors (Lipinski definition) is 5. The molecule has 0 aromatic heterocycles. The highest BCUT2D eigenvalue weighted by Gasteiger charge is 2.19. The molecule has 0 heterocycles. The summed E-state index contributed by atoms with van der Waals surface area (Å²) < 4.78 is 25.5. The van der Waals surface area contributed by atoms with E-state index in [-0.39, 0.29) is 10.9 Å². The van der Waals surface area contributed by atoms with Crippen LogP contribution in [-0.4, -0.2) is 44.9 Å². The van der Waals surface area contributed by atoms with Crippen molar-refractivity contribution in [1.29, 1.82) is 0 Å². The molecule has 1 rings (SSSR count). The number of nitrogens with two attached hydrogens (primary N) is 1. The van der Waals surface area contributed by atoms with Gasteiger partial charge in [-0.25, -0.2) is 12.7 Å². The van der Waals surface area contributed by atoms with Crippen molar-refractivity contribution < 1.29 is 8.42 Å². The molecule has 0 spiro atoms. The molecule has 0 saturated heterocycles. The fraction of sp³-hybridized carbons (Fsp3) is 0.538. The van der Waals surface area contributed by atoms with Gasteiger partial charge in [0.2, 0.25) is 10.0 Å². The molecule has 0 bridgehead atoms. The Balaban J connectivity index is 3.09. The molecule has 0 aliphatic heterocycles. The predicted octanol–water partition coefficient (Wildman–Crippen LogP) is 2.07. The van der Waals surface area contributed by atoms with Gasteiger partial charge in [-0.15, -0.1) is 0 Å². The van der Waals surface area contributed by atoms with E-state index in [0.717, 1.165) is 12.2 Å². The molecule has 0 fully saturated rings. The third-order valence-electron chi connectivity index (χ3n) is 3.02. The zero-order valence-electron chi connectivity index (χ0n) is 12.4. The molecule has 0 radical (unpaired) electrons. The summed E-state index contributed by atoms with van der Waals surface area (Å²) in [7, 11) is -0.408. The van der Waals surface area contributed by atoms with Gasteiger partial charge in [0, 0.05) is 25.9 Å². The fourth-order valence-corrected chi connectivity index (χ4v) is 3.36. The second-order valence-electron chi connectivity index (χ2n) is 4.74. The molecule has 5 nitrogen and oxygen atoms in total. The summed E-state index contributed by atoms with van der Waals surface area (Å²) in [6.45, 7) is 2.09. The lowest BCUT2D eigenvalue weighted by molar-refractivity contribution is 0.521. The second kappa shape index (κ2) is 7.19. The molecular weight excluding hydrogens is 294 g/mol. The van der Waals surface area contributed by atoms with Crippen molar-refractivity contribution in [2.24, 2.45) is 0 Å². The predicted molar refractivity (Wildman–Crippen MR) is 87.8 cm³/mol. The van der Waals surface area contributed by atoms with E-state index in [1.54, 1.807) is 23.9 Å². The van der Waals surface area contributed by atoms with Crippen molar-refractivity contribution in [3.05, 3.63) is 18.2 Å². The largest absolute Gasteiger partial charge is 0.397 e. The van der Waals surface area contributed by atoms with E-state index in [4.69, 9.17) is 5.73 Å². The van der Waals surface area contributed by atoms with E-state index in [1.807, 2.05) is 6.26 Å². The van der Waals surface area contributed by atoms with E-state index in [9.17, 15) is 8.42 Å². The Morgan fingerprint density at radius 2 is 2.05 bits per heavy atom. The van der Waals surface area contributed by atoms with Gasteiger partial charge in [-0.2, -0.15) is 11.8 Å². The molecular formula is C13H23N3O2S2. The van der Waals surface area contributed by atoms with Crippen LogP contribution < -0.4 is 11.1 Å². The topological polar surface area (TPSA) is 75.4 Å². The van der Waals surface area contributed by atoms with Crippen molar-refractivity contribution in [1.82, 2.24) is 4.31 Å². The lowest BCUT2D eigenvalue weighted by Crippen LogP contribution is -2.24. The number of benzene rings is 1. The van der Waals surface area contributed by atoms with E-state index < -0.39 is 10.0 Å². The highest BCUT2D eigenvalue weighted by atomic mass is 32.2. The van der Waals surface area contributed by atoms with Crippen molar-refractivity contribution >= 4 is 33.2 Å². The Hall–Kier alpha value is -0.920. The number of anilines is 2. The zero-order chi connectivity index (χ0) is 15.3. The van der Waals surface area contributed by atoms with Crippen LogP contribution >= 0.6 is 11.8 Å². The van der Waals surface area contributed by atoms with Crippen LogP contribution in [0.5, 0.6) is 0 Å². The number of rotatable bonds is 7. The highest BCUT2D eigenvalue weighted by Crippen LogP contribution is 2.25. The van der Waals surface area contributed by atoms with Gasteiger partial charge >= 0.3 is 0 Å². The van der Waals surface area contributed by atoms with Crippen molar-refractivity contribution in [2.75, 3.05) is 37.2 Å². The van der Waals surface area contributed by atoms with Gasteiger partial charge in [0.05, 0.1) is 16.3 Å². The summed E-state index contributed by atoms with van der Waals surface area (Å²) in [6.07, 6.45) is 2.99. The van der Waals surface area contributed by atoms with Crippen LogP contribution in [0.4, 0.5) is 11.4 Å². The molecule has 1 aromatic carbocycles. The Kier molecular flexibility index (Phi) is 6.16. The zero-order valence-corrected chi connectivity index (χ0v) is 14.0. The van der Waals surface area contributed by atoms with Crippen LogP contribution in [0.25, 0.3) is 0 Å². The summed E-state index contributed by atoms with van der Waals surface area (Å²) in [6, 6.07) is 5.04. The first-order chi connectivity index (χ1) is 9.32. The van der Waals surface area contributed by atoms with Crippen molar-refractivity contribution in [2.45, 2.75) is 24.3 Å². The maximum Gasteiger partial charge on any atom is 0.242 e. The van der Waals surface area contributed by atoms with Crippen LogP contribution in [-0.2, 0) is 10.0 Å². The average molecular weight is 317 g/mol. The average Bonchev–Trinajstić information content (AvgIpc) is 2.40. The summed E-state index contributed by atoms with van der Waals surface area (Å²) in [5.41, 5.74) is 7.16. The summed E-state index contributed by atoms with van der Waals surface area (Å²) in [4.78, 5) is 0.248. The minimum atomic E-state index is -3.44. The van der Waals surface area contributed by atoms with Gasteiger partial charge < -0.3 is 11.1 Å². The Labute approximate surface area is 126 Å². The number of nitrogen functional groups attached to an aromatic ring is 1. The van der Waals surface area contributed by atoms with Crippen LogP contribution in [0.15, 0.2) is 23.1 Å². The molecule has 1 atom stereocenters. The lowest BCUT2D eigenvalue weighted by Gasteiger charge is -2.20. The van der Waals surface area contributed by atoms with Gasteiger partial charge in [-0.05, 0) is 30.9 Å². The molecule has 0 saturated carbocycles. The number of nitrogens with one attached hydrogen (secondary N) is 1. The molecule has 0 aliphatic rings. The molecule has 1 aromatic rings.